The first-order valence-corrected chi connectivity index (χ1v) is 5.62. The third kappa shape index (κ3) is 2.86. The minimum absolute atomic E-state index is 0.110. The molecule has 0 saturated heterocycles. The van der Waals surface area contributed by atoms with Crippen LogP contribution < -0.4 is 5.32 Å². The van der Waals surface area contributed by atoms with Crippen molar-refractivity contribution in [2.24, 2.45) is 0 Å². The topological polar surface area (TPSA) is 99.5 Å². The molecule has 0 aliphatic carbocycles. The van der Waals surface area contributed by atoms with Gasteiger partial charge in [0.1, 0.15) is 5.69 Å². The standard InChI is InChI=1S/C13H12N2O4/c16-7-11(13(18)19)15-12(17)10-6-5-8-3-1-2-4-9(8)14-10/h1-6,11,16H,7H2,(H,15,17)(H,18,19)/t11-/m0/s1. The molecule has 1 aromatic carbocycles. The molecule has 98 valence electrons. The average molecular weight is 260 g/mol. The molecule has 0 unspecified atom stereocenters. The van der Waals surface area contributed by atoms with Crippen molar-refractivity contribution in [2.45, 2.75) is 6.04 Å². The van der Waals surface area contributed by atoms with E-state index in [1.54, 1.807) is 18.2 Å². The Morgan fingerprint density at radius 2 is 1.95 bits per heavy atom. The number of nitrogens with one attached hydrogen (secondary N) is 1. The number of nitrogens with zero attached hydrogens (tertiary/aromatic N) is 1. The molecule has 0 bridgehead atoms. The maximum Gasteiger partial charge on any atom is 0.328 e. The summed E-state index contributed by atoms with van der Waals surface area (Å²) in [4.78, 5) is 26.7. The molecule has 2 aromatic rings. The average Bonchev–Trinajstić information content (AvgIpc) is 2.43. The molecule has 6 nitrogen and oxygen atoms in total. The minimum atomic E-state index is -1.33. The van der Waals surface area contributed by atoms with Crippen LogP contribution in [0, 0.1) is 0 Å². The summed E-state index contributed by atoms with van der Waals surface area (Å²) < 4.78 is 0. The van der Waals surface area contributed by atoms with Crippen molar-refractivity contribution in [3.05, 3.63) is 42.1 Å². The van der Waals surface area contributed by atoms with Crippen molar-refractivity contribution in [1.82, 2.24) is 10.3 Å². The fourth-order valence-electron chi connectivity index (χ4n) is 1.61. The number of benzene rings is 1. The van der Waals surface area contributed by atoms with Crippen LogP contribution in [0.2, 0.25) is 0 Å². The van der Waals surface area contributed by atoms with Crippen LogP contribution in [0.3, 0.4) is 0 Å². The first-order chi connectivity index (χ1) is 9.11. The summed E-state index contributed by atoms with van der Waals surface area (Å²) in [5, 5.41) is 20.7. The molecule has 0 spiro atoms. The Balaban J connectivity index is 2.24. The van der Waals surface area contributed by atoms with Crippen LogP contribution in [-0.4, -0.2) is 39.7 Å². The van der Waals surface area contributed by atoms with Gasteiger partial charge in [-0.15, -0.1) is 0 Å². The highest BCUT2D eigenvalue weighted by molar-refractivity contribution is 5.96. The van der Waals surface area contributed by atoms with Gasteiger partial charge in [-0.2, -0.15) is 0 Å². The van der Waals surface area contributed by atoms with E-state index in [-0.39, 0.29) is 5.69 Å². The highest BCUT2D eigenvalue weighted by Crippen LogP contribution is 2.11. The van der Waals surface area contributed by atoms with Gasteiger partial charge in [0, 0.05) is 5.39 Å². The van der Waals surface area contributed by atoms with Gasteiger partial charge in [0.05, 0.1) is 12.1 Å². The number of carbonyl (C=O) groups excluding carboxylic acids is 1. The second kappa shape index (κ2) is 5.45. The number of aromatic nitrogens is 1. The van der Waals surface area contributed by atoms with E-state index in [9.17, 15) is 9.59 Å². The lowest BCUT2D eigenvalue weighted by molar-refractivity contribution is -0.140. The lowest BCUT2D eigenvalue weighted by Crippen LogP contribution is -2.43. The van der Waals surface area contributed by atoms with E-state index in [4.69, 9.17) is 10.2 Å². The number of rotatable bonds is 4. The number of carboxylic acids is 1. The van der Waals surface area contributed by atoms with Crippen molar-refractivity contribution >= 4 is 22.8 Å². The predicted octanol–water partition coefficient (Wildman–Crippen LogP) is 0.410. The van der Waals surface area contributed by atoms with E-state index in [2.05, 4.69) is 10.3 Å². The number of carboxylic acid groups (broad SMARTS) is 1. The van der Waals surface area contributed by atoms with Crippen LogP contribution in [0.4, 0.5) is 0 Å². The molecule has 0 fully saturated rings. The van der Waals surface area contributed by atoms with Gasteiger partial charge in [0.25, 0.3) is 5.91 Å². The molecule has 1 amide bonds. The number of pyridine rings is 1. The Labute approximate surface area is 108 Å². The van der Waals surface area contributed by atoms with Crippen molar-refractivity contribution < 1.29 is 19.8 Å². The molecule has 1 atom stereocenters. The van der Waals surface area contributed by atoms with Crippen molar-refractivity contribution in [2.75, 3.05) is 6.61 Å². The molecule has 6 heteroatoms. The van der Waals surface area contributed by atoms with Gasteiger partial charge in [0.15, 0.2) is 6.04 Å². The summed E-state index contributed by atoms with van der Waals surface area (Å²) in [7, 11) is 0. The van der Waals surface area contributed by atoms with E-state index >= 15 is 0 Å². The van der Waals surface area contributed by atoms with E-state index in [1.165, 1.54) is 6.07 Å². The highest BCUT2D eigenvalue weighted by Gasteiger charge is 2.20. The Kier molecular flexibility index (Phi) is 3.72. The Morgan fingerprint density at radius 1 is 1.21 bits per heavy atom. The lowest BCUT2D eigenvalue weighted by atomic mass is 10.2. The summed E-state index contributed by atoms with van der Waals surface area (Å²) in [6, 6.07) is 9.17. The number of aliphatic carboxylic acids is 1. The van der Waals surface area contributed by atoms with Crippen molar-refractivity contribution in [3.8, 4) is 0 Å². The largest absolute Gasteiger partial charge is 0.480 e. The molecule has 19 heavy (non-hydrogen) atoms. The number of hydrogen-bond donors (Lipinski definition) is 3. The van der Waals surface area contributed by atoms with Crippen LogP contribution in [0.15, 0.2) is 36.4 Å². The molecular formula is C13H12N2O4. The van der Waals surface area contributed by atoms with Crippen LogP contribution in [0.1, 0.15) is 10.5 Å². The lowest BCUT2D eigenvalue weighted by Gasteiger charge is -2.11. The van der Waals surface area contributed by atoms with Crippen molar-refractivity contribution in [3.63, 3.8) is 0 Å². The summed E-state index contributed by atoms with van der Waals surface area (Å²) >= 11 is 0. The van der Waals surface area contributed by atoms with Gasteiger partial charge in [-0.05, 0) is 12.1 Å². The van der Waals surface area contributed by atoms with Crippen LogP contribution in [0.25, 0.3) is 10.9 Å². The van der Waals surface area contributed by atoms with Gasteiger partial charge in [0.2, 0.25) is 0 Å². The monoisotopic (exact) mass is 260 g/mol. The Morgan fingerprint density at radius 3 is 2.63 bits per heavy atom. The zero-order valence-electron chi connectivity index (χ0n) is 9.91. The Bertz CT molecular complexity index is 627. The molecule has 0 aliphatic heterocycles. The molecule has 3 N–H and O–H groups in total. The summed E-state index contributed by atoms with van der Waals surface area (Å²) in [5.41, 5.74) is 0.754. The molecule has 0 radical (unpaired) electrons. The molecule has 2 rings (SSSR count). The molecule has 0 saturated carbocycles. The normalized spacial score (nSPS) is 12.1. The van der Waals surface area contributed by atoms with Crippen LogP contribution in [-0.2, 0) is 4.79 Å². The fraction of sp³-hybridized carbons (Fsp3) is 0.154. The van der Waals surface area contributed by atoms with E-state index in [0.717, 1.165) is 5.39 Å². The number of hydrogen-bond acceptors (Lipinski definition) is 4. The number of amides is 1. The first kappa shape index (κ1) is 13.0. The second-order valence-electron chi connectivity index (χ2n) is 3.94. The smallest absolute Gasteiger partial charge is 0.328 e. The molecule has 1 aromatic heterocycles. The van der Waals surface area contributed by atoms with Gasteiger partial charge in [-0.3, -0.25) is 4.79 Å². The third-order valence-corrected chi connectivity index (χ3v) is 2.62. The van der Waals surface area contributed by atoms with Gasteiger partial charge in [-0.1, -0.05) is 24.3 Å². The molecular weight excluding hydrogens is 248 g/mol. The van der Waals surface area contributed by atoms with Crippen LogP contribution in [0.5, 0.6) is 0 Å². The number of aliphatic hydroxyl groups is 1. The van der Waals surface area contributed by atoms with E-state index in [0.29, 0.717) is 5.52 Å². The number of fused-ring (bicyclic) bond motifs is 1. The first-order valence-electron chi connectivity index (χ1n) is 5.62. The Hall–Kier alpha value is -2.47. The van der Waals surface area contributed by atoms with E-state index < -0.39 is 24.5 Å². The maximum absolute atomic E-state index is 11.8. The maximum atomic E-state index is 11.8. The summed E-state index contributed by atoms with van der Waals surface area (Å²) in [6.07, 6.45) is 0. The number of para-hydroxylation sites is 1. The highest BCUT2D eigenvalue weighted by atomic mass is 16.4. The zero-order valence-corrected chi connectivity index (χ0v) is 9.91. The third-order valence-electron chi connectivity index (χ3n) is 2.62. The number of carbonyl (C=O) groups is 2. The summed E-state index contributed by atoms with van der Waals surface area (Å²) in [6.45, 7) is -0.672. The van der Waals surface area contributed by atoms with Gasteiger partial charge in [-0.25, -0.2) is 9.78 Å². The van der Waals surface area contributed by atoms with Crippen LogP contribution >= 0.6 is 0 Å². The van der Waals surface area contributed by atoms with Gasteiger partial charge < -0.3 is 15.5 Å². The SMILES string of the molecule is O=C(N[C@@H](CO)C(=O)O)c1ccc2ccccc2n1. The molecule has 0 aliphatic rings. The summed E-state index contributed by atoms with van der Waals surface area (Å²) in [5.74, 6) is -1.93. The van der Waals surface area contributed by atoms with Crippen molar-refractivity contribution in [1.29, 1.82) is 0 Å². The fourth-order valence-corrected chi connectivity index (χ4v) is 1.61. The molecule has 1 heterocycles. The predicted molar refractivity (Wildman–Crippen MR) is 67.7 cm³/mol. The van der Waals surface area contributed by atoms with E-state index in [1.807, 2.05) is 12.1 Å². The number of aliphatic hydroxyl groups excluding tert-OH is 1. The second-order valence-corrected chi connectivity index (χ2v) is 3.94. The zero-order chi connectivity index (χ0) is 13.8. The van der Waals surface area contributed by atoms with Gasteiger partial charge >= 0.3 is 5.97 Å². The quantitative estimate of drug-likeness (QED) is 0.739. The minimum Gasteiger partial charge on any atom is -0.480 e.